The van der Waals surface area contributed by atoms with E-state index in [1.807, 2.05) is 0 Å². The maximum Gasteiger partial charge on any atom is 0.343 e. The normalized spacial score (nSPS) is 11.0. The molecule has 0 N–H and O–H groups in total. The van der Waals surface area contributed by atoms with Crippen LogP contribution in [0.15, 0.2) is 135 Å². The molecule has 11 heteroatoms. The summed E-state index contributed by atoms with van der Waals surface area (Å²) in [6.45, 7) is 14.0. The largest absolute Gasteiger partial charge is 0.492 e. The van der Waals surface area contributed by atoms with E-state index in [2.05, 4.69) is 19.7 Å². The van der Waals surface area contributed by atoms with Crippen LogP contribution in [-0.2, 0) is 23.7 Å². The topological polar surface area (TPSA) is 133 Å². The predicted octanol–water partition coefficient (Wildman–Crippen LogP) is 7.43. The third-order valence-electron chi connectivity index (χ3n) is 7.32. The summed E-state index contributed by atoms with van der Waals surface area (Å²) < 4.78 is 37.6. The molecule has 0 aliphatic carbocycles. The van der Waals surface area contributed by atoms with Crippen molar-refractivity contribution in [1.29, 1.82) is 0 Å². The summed E-state index contributed by atoms with van der Waals surface area (Å²) in [5, 5.41) is 0. The van der Waals surface area contributed by atoms with Crippen LogP contribution in [0.1, 0.15) is 38.0 Å². The maximum absolute atomic E-state index is 12.8. The summed E-state index contributed by atoms with van der Waals surface area (Å²) in [6, 6.07) is 26.3. The molecular formula is C42H40O11. The molecule has 0 aliphatic heterocycles. The smallest absolute Gasteiger partial charge is 0.343 e. The molecule has 274 valence electrons. The zero-order chi connectivity index (χ0) is 38.0. The molecule has 0 aliphatic rings. The number of carbonyl (C=O) groups excluding carboxylic acids is 4. The molecule has 1 unspecified atom stereocenters. The Hall–Kier alpha value is -6.46. The van der Waals surface area contributed by atoms with Gasteiger partial charge in [0.1, 0.15) is 36.2 Å². The molecular weight excluding hydrogens is 680 g/mol. The van der Waals surface area contributed by atoms with Crippen molar-refractivity contribution in [2.75, 3.05) is 39.6 Å². The monoisotopic (exact) mass is 720 g/mol. The van der Waals surface area contributed by atoms with Crippen LogP contribution in [0.4, 0.5) is 0 Å². The second-order valence-corrected chi connectivity index (χ2v) is 11.4. The number of esters is 4. The van der Waals surface area contributed by atoms with Gasteiger partial charge in [0.2, 0.25) is 0 Å². The Kier molecular flexibility index (Phi) is 15.1. The van der Waals surface area contributed by atoms with E-state index < -0.39 is 23.9 Å². The molecule has 0 aromatic heterocycles. The molecule has 4 aromatic carbocycles. The lowest BCUT2D eigenvalue weighted by Gasteiger charge is -2.12. The van der Waals surface area contributed by atoms with Gasteiger partial charge in [-0.1, -0.05) is 50.9 Å². The van der Waals surface area contributed by atoms with Gasteiger partial charge >= 0.3 is 23.9 Å². The van der Waals surface area contributed by atoms with E-state index in [-0.39, 0.29) is 30.4 Å². The summed E-state index contributed by atoms with van der Waals surface area (Å²) in [5.41, 5.74) is 2.65. The molecule has 0 radical (unpaired) electrons. The standard InChI is InChI=1S/C42H40O11/c1-5-30(4)48-25-23-47-24-26-49-36-17-13-34(14-18-36)41(45)53-38-21-15-35(16-22-38)42(46)52-37-19-11-32(12-20-37)31-7-9-33(10-8-31)40(44)51-28-29(3)27-50-39(43)6-2/h5-22,29H,1-2,4,23-28H2,3H3. The zero-order valence-electron chi connectivity index (χ0n) is 29.3. The number of benzene rings is 4. The van der Waals surface area contributed by atoms with Gasteiger partial charge < -0.3 is 33.2 Å². The van der Waals surface area contributed by atoms with Gasteiger partial charge in [-0.2, -0.15) is 0 Å². The lowest BCUT2D eigenvalue weighted by Crippen LogP contribution is -2.18. The molecule has 53 heavy (non-hydrogen) atoms. The van der Waals surface area contributed by atoms with Crippen molar-refractivity contribution >= 4 is 23.9 Å². The van der Waals surface area contributed by atoms with Gasteiger partial charge in [0, 0.05) is 12.0 Å². The highest BCUT2D eigenvalue weighted by Crippen LogP contribution is 2.24. The van der Waals surface area contributed by atoms with Crippen LogP contribution in [0.2, 0.25) is 0 Å². The van der Waals surface area contributed by atoms with Crippen molar-refractivity contribution in [2.45, 2.75) is 6.92 Å². The Morgan fingerprint density at radius 3 is 1.55 bits per heavy atom. The van der Waals surface area contributed by atoms with Gasteiger partial charge in [-0.3, -0.25) is 0 Å². The maximum atomic E-state index is 12.8. The summed E-state index contributed by atoms with van der Waals surface area (Å²) >= 11 is 0. The van der Waals surface area contributed by atoms with Crippen molar-refractivity contribution in [3.05, 3.63) is 151 Å². The average Bonchev–Trinajstić information content (AvgIpc) is 3.19. The van der Waals surface area contributed by atoms with Crippen molar-refractivity contribution < 1.29 is 52.3 Å². The van der Waals surface area contributed by atoms with Crippen molar-refractivity contribution in [3.8, 4) is 28.4 Å². The third-order valence-corrected chi connectivity index (χ3v) is 7.32. The summed E-state index contributed by atoms with van der Waals surface area (Å²) in [7, 11) is 0. The fraction of sp³-hybridized carbons (Fsp3) is 0.190. The summed E-state index contributed by atoms with van der Waals surface area (Å²) in [6.07, 6.45) is 2.60. The Bertz CT molecular complexity index is 1860. The van der Waals surface area contributed by atoms with Crippen molar-refractivity contribution in [3.63, 3.8) is 0 Å². The first-order chi connectivity index (χ1) is 25.6. The molecule has 0 bridgehead atoms. The zero-order valence-corrected chi connectivity index (χ0v) is 29.3. The highest BCUT2D eigenvalue weighted by Gasteiger charge is 2.14. The van der Waals surface area contributed by atoms with Gasteiger partial charge in [0.05, 0.1) is 43.1 Å². The van der Waals surface area contributed by atoms with Gasteiger partial charge in [-0.15, -0.1) is 0 Å². The van der Waals surface area contributed by atoms with E-state index >= 15 is 0 Å². The van der Waals surface area contributed by atoms with E-state index in [0.29, 0.717) is 54.8 Å². The van der Waals surface area contributed by atoms with Crippen LogP contribution in [0.5, 0.6) is 17.2 Å². The predicted molar refractivity (Wildman–Crippen MR) is 197 cm³/mol. The molecule has 0 heterocycles. The second-order valence-electron chi connectivity index (χ2n) is 11.4. The fourth-order valence-electron chi connectivity index (χ4n) is 4.44. The van der Waals surface area contributed by atoms with Crippen LogP contribution < -0.4 is 14.2 Å². The molecule has 0 saturated carbocycles. The summed E-state index contributed by atoms with van der Waals surface area (Å²) in [4.78, 5) is 49.0. The van der Waals surface area contributed by atoms with Gasteiger partial charge in [0.25, 0.3) is 0 Å². The van der Waals surface area contributed by atoms with Crippen LogP contribution in [0.25, 0.3) is 11.1 Å². The molecule has 0 spiro atoms. The van der Waals surface area contributed by atoms with E-state index in [1.165, 1.54) is 30.3 Å². The Balaban J connectivity index is 1.19. The van der Waals surface area contributed by atoms with E-state index in [9.17, 15) is 19.2 Å². The summed E-state index contributed by atoms with van der Waals surface area (Å²) in [5.74, 6) is -0.688. The first-order valence-electron chi connectivity index (χ1n) is 16.6. The van der Waals surface area contributed by atoms with E-state index in [4.69, 9.17) is 33.2 Å². The van der Waals surface area contributed by atoms with E-state index in [0.717, 1.165) is 17.2 Å². The lowest BCUT2D eigenvalue weighted by atomic mass is 10.0. The number of rotatable bonds is 20. The van der Waals surface area contributed by atoms with Gasteiger partial charge in [-0.25, -0.2) is 19.2 Å². The van der Waals surface area contributed by atoms with Crippen LogP contribution in [-0.4, -0.2) is 63.5 Å². The molecule has 0 fully saturated rings. The highest BCUT2D eigenvalue weighted by molar-refractivity contribution is 5.93. The fourth-order valence-corrected chi connectivity index (χ4v) is 4.44. The molecule has 4 rings (SSSR count). The molecule has 4 aromatic rings. The van der Waals surface area contributed by atoms with E-state index in [1.54, 1.807) is 79.7 Å². The third kappa shape index (κ3) is 13.0. The second kappa shape index (κ2) is 20.4. The Morgan fingerprint density at radius 2 is 1.00 bits per heavy atom. The molecule has 1 atom stereocenters. The van der Waals surface area contributed by atoms with Crippen molar-refractivity contribution in [2.24, 2.45) is 5.92 Å². The number of hydrogen-bond donors (Lipinski definition) is 0. The number of carbonyl (C=O) groups is 4. The SMILES string of the molecule is C=CC(=C)OCCOCCOc1ccc(C(=O)Oc2ccc(C(=O)Oc3ccc(-c4ccc(C(=O)OCC(C)COC(=O)C=C)cc4)cc3)cc2)cc1. The van der Waals surface area contributed by atoms with Crippen LogP contribution in [0, 0.1) is 5.92 Å². The number of hydrogen-bond acceptors (Lipinski definition) is 11. The number of ether oxygens (including phenoxy) is 7. The highest BCUT2D eigenvalue weighted by atomic mass is 16.6. The first kappa shape index (κ1) is 39.3. The Labute approximate surface area is 308 Å². The van der Waals surface area contributed by atoms with Gasteiger partial charge in [-0.05, 0) is 90.0 Å². The minimum Gasteiger partial charge on any atom is -0.492 e. The van der Waals surface area contributed by atoms with Crippen molar-refractivity contribution in [1.82, 2.24) is 0 Å². The quantitative estimate of drug-likeness (QED) is 0.0226. The molecule has 0 saturated heterocycles. The average molecular weight is 721 g/mol. The first-order valence-corrected chi connectivity index (χ1v) is 16.6. The molecule has 0 amide bonds. The number of allylic oxidation sites excluding steroid dienone is 1. The lowest BCUT2D eigenvalue weighted by molar-refractivity contribution is -0.139. The Morgan fingerprint density at radius 1 is 0.547 bits per heavy atom. The molecule has 11 nitrogen and oxygen atoms in total. The minimum absolute atomic E-state index is 0.0969. The van der Waals surface area contributed by atoms with Crippen LogP contribution in [0.3, 0.4) is 0 Å². The minimum atomic E-state index is -0.584. The van der Waals surface area contributed by atoms with Gasteiger partial charge in [0.15, 0.2) is 0 Å². The van der Waals surface area contributed by atoms with Crippen LogP contribution >= 0.6 is 0 Å².